The van der Waals surface area contributed by atoms with E-state index in [4.69, 9.17) is 28.5 Å². The highest BCUT2D eigenvalue weighted by Crippen LogP contribution is 2.23. The standard InChI is InChI=1S/C10H7Cl2N/c1-7-4-8(6-9(11)5-7)10(12)2-3-13/h2,4-6H,1H3/b10-2-. The second kappa shape index (κ2) is 4.32. The fraction of sp³-hybridized carbons (Fsp3) is 0.100. The van der Waals surface area contributed by atoms with Crippen LogP contribution in [0.5, 0.6) is 0 Å². The zero-order valence-electron chi connectivity index (χ0n) is 7.01. The van der Waals surface area contributed by atoms with Crippen molar-refractivity contribution in [1.29, 1.82) is 5.26 Å². The number of hydrogen-bond acceptors (Lipinski definition) is 1. The van der Waals surface area contributed by atoms with Gasteiger partial charge in [0.1, 0.15) is 0 Å². The van der Waals surface area contributed by atoms with Crippen LogP contribution in [0.15, 0.2) is 24.3 Å². The van der Waals surface area contributed by atoms with Crippen LogP contribution in [0, 0.1) is 18.3 Å². The van der Waals surface area contributed by atoms with E-state index in [1.54, 1.807) is 6.07 Å². The lowest BCUT2D eigenvalue weighted by Gasteiger charge is -2.00. The van der Waals surface area contributed by atoms with E-state index >= 15 is 0 Å². The highest BCUT2D eigenvalue weighted by atomic mass is 35.5. The van der Waals surface area contributed by atoms with Gasteiger partial charge >= 0.3 is 0 Å². The van der Waals surface area contributed by atoms with E-state index in [1.807, 2.05) is 25.1 Å². The summed E-state index contributed by atoms with van der Waals surface area (Å²) in [5.74, 6) is 0. The molecule has 0 unspecified atom stereocenters. The molecule has 66 valence electrons. The van der Waals surface area contributed by atoms with Gasteiger partial charge in [-0.05, 0) is 30.2 Å². The summed E-state index contributed by atoms with van der Waals surface area (Å²) in [7, 11) is 0. The SMILES string of the molecule is Cc1cc(Cl)cc(/C(Cl)=C/C#N)c1. The molecule has 0 fully saturated rings. The second-order valence-corrected chi connectivity index (χ2v) is 3.48. The van der Waals surface area contributed by atoms with Crippen LogP contribution in [0.3, 0.4) is 0 Å². The summed E-state index contributed by atoms with van der Waals surface area (Å²) in [6, 6.07) is 7.31. The van der Waals surface area contributed by atoms with Crippen LogP contribution in [-0.4, -0.2) is 0 Å². The second-order valence-electron chi connectivity index (χ2n) is 2.64. The lowest BCUT2D eigenvalue weighted by atomic mass is 10.1. The molecule has 0 heterocycles. The van der Waals surface area contributed by atoms with Crippen LogP contribution in [-0.2, 0) is 0 Å². The van der Waals surface area contributed by atoms with Gasteiger partial charge in [-0.1, -0.05) is 29.3 Å². The summed E-state index contributed by atoms with van der Waals surface area (Å²) >= 11 is 11.7. The van der Waals surface area contributed by atoms with E-state index in [1.165, 1.54) is 6.08 Å². The van der Waals surface area contributed by atoms with Gasteiger partial charge in [0.15, 0.2) is 0 Å². The molecule has 1 rings (SSSR count). The smallest absolute Gasteiger partial charge is 0.0927 e. The van der Waals surface area contributed by atoms with Gasteiger partial charge in [0.2, 0.25) is 0 Å². The van der Waals surface area contributed by atoms with Crippen LogP contribution in [0.25, 0.3) is 5.03 Å². The first kappa shape index (κ1) is 10.1. The van der Waals surface area contributed by atoms with Crippen molar-refractivity contribution in [3.63, 3.8) is 0 Å². The molecule has 0 aromatic heterocycles. The molecule has 0 saturated heterocycles. The van der Waals surface area contributed by atoms with E-state index in [0.717, 1.165) is 11.1 Å². The van der Waals surface area contributed by atoms with E-state index in [2.05, 4.69) is 0 Å². The van der Waals surface area contributed by atoms with Gasteiger partial charge in [-0.15, -0.1) is 0 Å². The normalized spacial score (nSPS) is 11.1. The van der Waals surface area contributed by atoms with Crippen molar-refractivity contribution >= 4 is 28.2 Å². The molecule has 1 nitrogen and oxygen atoms in total. The number of nitrogens with zero attached hydrogens (tertiary/aromatic N) is 1. The minimum Gasteiger partial charge on any atom is -0.193 e. The van der Waals surface area contributed by atoms with E-state index in [-0.39, 0.29) is 0 Å². The van der Waals surface area contributed by atoms with Crippen LogP contribution in [0.1, 0.15) is 11.1 Å². The van der Waals surface area contributed by atoms with Crippen molar-refractivity contribution in [3.05, 3.63) is 40.4 Å². The Bertz CT molecular complexity index is 368. The summed E-state index contributed by atoms with van der Waals surface area (Å²) < 4.78 is 0. The molecule has 0 aliphatic rings. The maximum Gasteiger partial charge on any atom is 0.0927 e. The van der Waals surface area contributed by atoms with Crippen LogP contribution in [0.2, 0.25) is 5.02 Å². The number of allylic oxidation sites excluding steroid dienone is 1. The Morgan fingerprint density at radius 3 is 2.69 bits per heavy atom. The molecule has 1 aromatic rings. The summed E-state index contributed by atoms with van der Waals surface area (Å²) in [5, 5.41) is 9.43. The number of benzene rings is 1. The zero-order chi connectivity index (χ0) is 9.84. The quantitative estimate of drug-likeness (QED) is 0.650. The molecule has 1 aromatic carbocycles. The number of aryl methyl sites for hydroxylation is 1. The maximum absolute atomic E-state index is 8.39. The fourth-order valence-electron chi connectivity index (χ4n) is 1.01. The molecular weight excluding hydrogens is 205 g/mol. The summed E-state index contributed by atoms with van der Waals surface area (Å²) in [4.78, 5) is 0. The molecule has 13 heavy (non-hydrogen) atoms. The van der Waals surface area contributed by atoms with Gasteiger partial charge in [-0.25, -0.2) is 0 Å². The summed E-state index contributed by atoms with van der Waals surface area (Å²) in [5.41, 5.74) is 1.79. The Balaban J connectivity index is 3.17. The van der Waals surface area contributed by atoms with Gasteiger partial charge in [-0.2, -0.15) is 5.26 Å². The van der Waals surface area contributed by atoms with Crippen molar-refractivity contribution in [2.75, 3.05) is 0 Å². The lowest BCUT2D eigenvalue weighted by Crippen LogP contribution is -1.80. The van der Waals surface area contributed by atoms with E-state index in [0.29, 0.717) is 10.1 Å². The van der Waals surface area contributed by atoms with Crippen molar-refractivity contribution in [1.82, 2.24) is 0 Å². The minimum atomic E-state index is 0.410. The van der Waals surface area contributed by atoms with Gasteiger partial charge in [0, 0.05) is 11.1 Å². The molecule has 0 saturated carbocycles. The molecule has 0 bridgehead atoms. The van der Waals surface area contributed by atoms with Gasteiger partial charge in [0.05, 0.1) is 11.1 Å². The third-order valence-corrected chi connectivity index (χ3v) is 2.05. The predicted molar refractivity (Wildman–Crippen MR) is 55.6 cm³/mol. The third-order valence-electron chi connectivity index (χ3n) is 1.51. The van der Waals surface area contributed by atoms with Gasteiger partial charge in [-0.3, -0.25) is 0 Å². The first-order valence-corrected chi connectivity index (χ1v) is 4.42. The molecule has 3 heteroatoms. The Kier molecular flexibility index (Phi) is 3.36. The van der Waals surface area contributed by atoms with Crippen molar-refractivity contribution in [2.45, 2.75) is 6.92 Å². The summed E-state index contributed by atoms with van der Waals surface area (Å²) in [6.45, 7) is 1.92. The molecule has 0 N–H and O–H groups in total. The Morgan fingerprint density at radius 1 is 1.46 bits per heavy atom. The number of halogens is 2. The molecular formula is C10H7Cl2N. The first-order chi connectivity index (χ1) is 6.13. The monoisotopic (exact) mass is 211 g/mol. The highest BCUT2D eigenvalue weighted by molar-refractivity contribution is 6.49. The van der Waals surface area contributed by atoms with Crippen molar-refractivity contribution in [3.8, 4) is 6.07 Å². The first-order valence-electron chi connectivity index (χ1n) is 3.66. The van der Waals surface area contributed by atoms with E-state index in [9.17, 15) is 0 Å². The Morgan fingerprint density at radius 2 is 2.15 bits per heavy atom. The molecule has 0 aliphatic carbocycles. The lowest BCUT2D eigenvalue weighted by molar-refractivity contribution is 1.45. The van der Waals surface area contributed by atoms with Crippen LogP contribution in [0.4, 0.5) is 0 Å². The summed E-state index contributed by atoms with van der Waals surface area (Å²) in [6.07, 6.45) is 1.28. The molecule has 0 aliphatic heterocycles. The van der Waals surface area contributed by atoms with Crippen LogP contribution < -0.4 is 0 Å². The van der Waals surface area contributed by atoms with Crippen molar-refractivity contribution in [2.24, 2.45) is 0 Å². The average Bonchev–Trinajstić information content (AvgIpc) is 2.03. The third kappa shape index (κ3) is 2.77. The number of nitriles is 1. The number of rotatable bonds is 1. The fourth-order valence-corrected chi connectivity index (χ4v) is 1.46. The van der Waals surface area contributed by atoms with Crippen molar-refractivity contribution < 1.29 is 0 Å². The van der Waals surface area contributed by atoms with Gasteiger partial charge < -0.3 is 0 Å². The largest absolute Gasteiger partial charge is 0.193 e. The highest BCUT2D eigenvalue weighted by Gasteiger charge is 2.00. The molecule has 0 radical (unpaired) electrons. The van der Waals surface area contributed by atoms with Crippen LogP contribution >= 0.6 is 23.2 Å². The maximum atomic E-state index is 8.39. The topological polar surface area (TPSA) is 23.8 Å². The predicted octanol–water partition coefficient (Wildman–Crippen LogP) is 3.75. The molecule has 0 atom stereocenters. The minimum absolute atomic E-state index is 0.410. The zero-order valence-corrected chi connectivity index (χ0v) is 8.52. The van der Waals surface area contributed by atoms with Gasteiger partial charge in [0.25, 0.3) is 0 Å². The Labute approximate surface area is 87.2 Å². The van der Waals surface area contributed by atoms with E-state index < -0.39 is 0 Å². The number of hydrogen-bond donors (Lipinski definition) is 0. The Hall–Kier alpha value is -0.970. The average molecular weight is 212 g/mol. The molecule has 0 amide bonds. The molecule has 0 spiro atoms.